The molecule has 1 heterocycles. The van der Waals surface area contributed by atoms with E-state index in [1.807, 2.05) is 13.8 Å². The molecule has 7 heteroatoms. The molecule has 0 radical (unpaired) electrons. The van der Waals surface area contributed by atoms with E-state index in [1.54, 1.807) is 12.1 Å². The van der Waals surface area contributed by atoms with Gasteiger partial charge in [0.25, 0.3) is 0 Å². The van der Waals surface area contributed by atoms with Gasteiger partial charge in [0.1, 0.15) is 10.3 Å². The summed E-state index contributed by atoms with van der Waals surface area (Å²) in [6.07, 6.45) is 1.59. The van der Waals surface area contributed by atoms with Crippen molar-refractivity contribution in [2.24, 2.45) is 0 Å². The summed E-state index contributed by atoms with van der Waals surface area (Å²) < 4.78 is 11.0. The minimum absolute atomic E-state index is 0.143. The minimum atomic E-state index is -0.143. The zero-order chi connectivity index (χ0) is 16.4. The fourth-order valence-electron chi connectivity index (χ4n) is 1.85. The smallest absolute Gasteiger partial charge is 0.157 e. The Morgan fingerprint density at radius 2 is 1.82 bits per heavy atom. The van der Waals surface area contributed by atoms with Crippen LogP contribution in [0.2, 0.25) is 10.3 Å². The summed E-state index contributed by atoms with van der Waals surface area (Å²) in [5, 5.41) is 6.94. The zero-order valence-corrected chi connectivity index (χ0v) is 14.5. The van der Waals surface area contributed by atoms with Crippen molar-refractivity contribution in [2.45, 2.75) is 33.0 Å². The van der Waals surface area contributed by atoms with Gasteiger partial charge in [0, 0.05) is 31.9 Å². The average Bonchev–Trinajstić information content (AvgIpc) is 2.42. The van der Waals surface area contributed by atoms with Gasteiger partial charge in [-0.3, -0.25) is 0 Å². The van der Waals surface area contributed by atoms with Crippen molar-refractivity contribution in [1.82, 2.24) is 10.3 Å². The molecule has 5 nitrogen and oxygen atoms in total. The molecule has 0 amide bonds. The predicted molar refractivity (Wildman–Crippen MR) is 91.3 cm³/mol. The second kappa shape index (κ2) is 10.7. The van der Waals surface area contributed by atoms with Crippen molar-refractivity contribution >= 4 is 28.9 Å². The van der Waals surface area contributed by atoms with Crippen LogP contribution in [0.25, 0.3) is 0 Å². The Hall–Kier alpha value is -1.01. The first-order valence-electron chi connectivity index (χ1n) is 7.31. The normalized spacial score (nSPS) is 10.8. The van der Waals surface area contributed by atoms with Crippen LogP contribution in [0.4, 0.5) is 5.69 Å². The van der Waals surface area contributed by atoms with E-state index < -0.39 is 0 Å². The van der Waals surface area contributed by atoms with Gasteiger partial charge in [0.05, 0.1) is 5.82 Å². The quantitative estimate of drug-likeness (QED) is 0.359. The Labute approximate surface area is 142 Å². The number of pyridine rings is 1. The molecule has 22 heavy (non-hydrogen) atoms. The van der Waals surface area contributed by atoms with Crippen molar-refractivity contribution in [1.29, 1.82) is 0 Å². The third kappa shape index (κ3) is 7.84. The fraction of sp³-hybridized carbons (Fsp3) is 0.533. The van der Waals surface area contributed by atoms with E-state index in [0.717, 1.165) is 25.1 Å². The Bertz CT molecular complexity index is 446. The molecule has 0 aliphatic rings. The summed E-state index contributed by atoms with van der Waals surface area (Å²) in [5.74, 6) is 0.669. The second-order valence-electron chi connectivity index (χ2n) is 4.51. The number of rotatable bonds is 11. The maximum absolute atomic E-state index is 5.84. The number of nitrogens with zero attached hydrogens (tertiary/aromatic N) is 1. The third-order valence-electron chi connectivity index (χ3n) is 2.72. The number of halogens is 2. The lowest BCUT2D eigenvalue weighted by Gasteiger charge is -2.17. The first-order valence-corrected chi connectivity index (χ1v) is 8.06. The molecule has 0 aliphatic carbocycles. The molecule has 0 aliphatic heterocycles. The first-order chi connectivity index (χ1) is 10.5. The highest BCUT2D eigenvalue weighted by atomic mass is 35.5. The van der Waals surface area contributed by atoms with E-state index in [2.05, 4.69) is 22.2 Å². The Morgan fingerprint density at radius 3 is 2.36 bits per heavy atom. The number of hydrogen-bond donors (Lipinski definition) is 2. The van der Waals surface area contributed by atoms with Gasteiger partial charge in [0.15, 0.2) is 6.29 Å². The third-order valence-corrected chi connectivity index (χ3v) is 3.11. The van der Waals surface area contributed by atoms with Crippen molar-refractivity contribution in [3.05, 3.63) is 34.8 Å². The van der Waals surface area contributed by atoms with Crippen molar-refractivity contribution in [2.75, 3.05) is 25.1 Å². The standard InChI is InChI=1S/C15H23Cl2N3O2/c1-4-21-15(22-5-2)7-6-8-18-11(3)19-12-9-13(16)20-14(17)10-12/h9-10,15,18H,3-8H2,1-2H3,(H,19,20). The van der Waals surface area contributed by atoms with Gasteiger partial charge in [-0.2, -0.15) is 0 Å². The SMILES string of the molecule is C=C(NCCCC(OCC)OCC)Nc1cc(Cl)nc(Cl)c1. The number of anilines is 1. The highest BCUT2D eigenvalue weighted by Crippen LogP contribution is 2.19. The number of aromatic nitrogens is 1. The Balaban J connectivity index is 2.28. The summed E-state index contributed by atoms with van der Waals surface area (Å²) in [6.45, 7) is 9.88. The summed E-state index contributed by atoms with van der Waals surface area (Å²) in [6, 6.07) is 3.36. The van der Waals surface area contributed by atoms with Gasteiger partial charge in [0.2, 0.25) is 0 Å². The van der Waals surface area contributed by atoms with Crippen LogP contribution in [0.5, 0.6) is 0 Å². The highest BCUT2D eigenvalue weighted by Gasteiger charge is 2.07. The first kappa shape index (κ1) is 19.0. The molecule has 0 spiro atoms. The Morgan fingerprint density at radius 1 is 1.23 bits per heavy atom. The van der Waals surface area contributed by atoms with Crippen LogP contribution >= 0.6 is 23.2 Å². The van der Waals surface area contributed by atoms with E-state index in [4.69, 9.17) is 32.7 Å². The van der Waals surface area contributed by atoms with Crippen molar-refractivity contribution in [3.8, 4) is 0 Å². The van der Waals surface area contributed by atoms with Crippen LogP contribution in [0.1, 0.15) is 26.7 Å². The van der Waals surface area contributed by atoms with Gasteiger partial charge >= 0.3 is 0 Å². The number of nitrogens with one attached hydrogen (secondary N) is 2. The van der Waals surface area contributed by atoms with Crippen LogP contribution < -0.4 is 10.6 Å². The van der Waals surface area contributed by atoms with E-state index in [1.165, 1.54) is 0 Å². The molecule has 0 saturated heterocycles. The summed E-state index contributed by atoms with van der Waals surface area (Å²) in [5.41, 5.74) is 0.740. The molecule has 0 saturated carbocycles. The molecular weight excluding hydrogens is 325 g/mol. The van der Waals surface area contributed by atoms with Crippen LogP contribution in [-0.4, -0.2) is 31.0 Å². The molecule has 0 fully saturated rings. The van der Waals surface area contributed by atoms with Crippen molar-refractivity contribution < 1.29 is 9.47 Å². The van der Waals surface area contributed by atoms with Crippen LogP contribution in [-0.2, 0) is 9.47 Å². The molecule has 0 bridgehead atoms. The monoisotopic (exact) mass is 347 g/mol. The molecule has 0 unspecified atom stereocenters. The lowest BCUT2D eigenvalue weighted by atomic mass is 10.3. The lowest BCUT2D eigenvalue weighted by Crippen LogP contribution is -2.23. The highest BCUT2D eigenvalue weighted by molar-refractivity contribution is 6.32. The second-order valence-corrected chi connectivity index (χ2v) is 5.29. The molecule has 0 aromatic carbocycles. The summed E-state index contributed by atoms with van der Waals surface area (Å²) in [7, 11) is 0. The van der Waals surface area contributed by atoms with Gasteiger partial charge < -0.3 is 20.1 Å². The molecule has 1 rings (SSSR count). The van der Waals surface area contributed by atoms with E-state index >= 15 is 0 Å². The topological polar surface area (TPSA) is 55.4 Å². The zero-order valence-electron chi connectivity index (χ0n) is 13.0. The van der Waals surface area contributed by atoms with E-state index in [9.17, 15) is 0 Å². The fourth-order valence-corrected chi connectivity index (χ4v) is 2.31. The lowest BCUT2D eigenvalue weighted by molar-refractivity contribution is -0.139. The average molecular weight is 348 g/mol. The largest absolute Gasteiger partial charge is 0.372 e. The van der Waals surface area contributed by atoms with Gasteiger partial charge in [-0.25, -0.2) is 4.98 Å². The Kier molecular flexibility index (Phi) is 9.24. The van der Waals surface area contributed by atoms with Crippen LogP contribution in [0.3, 0.4) is 0 Å². The molecule has 0 atom stereocenters. The summed E-state index contributed by atoms with van der Waals surface area (Å²) >= 11 is 11.7. The van der Waals surface area contributed by atoms with Crippen molar-refractivity contribution in [3.63, 3.8) is 0 Å². The van der Waals surface area contributed by atoms with Crippen LogP contribution in [0.15, 0.2) is 24.5 Å². The van der Waals surface area contributed by atoms with Gasteiger partial charge in [-0.05, 0) is 32.4 Å². The van der Waals surface area contributed by atoms with Gasteiger partial charge in [-0.1, -0.05) is 29.8 Å². The molecule has 1 aromatic heterocycles. The minimum Gasteiger partial charge on any atom is -0.372 e. The maximum Gasteiger partial charge on any atom is 0.157 e. The van der Waals surface area contributed by atoms with E-state index in [0.29, 0.717) is 29.3 Å². The molecular formula is C15H23Cl2N3O2. The predicted octanol–water partition coefficient (Wildman–Crippen LogP) is 4.04. The molecule has 124 valence electrons. The number of ether oxygens (including phenoxy) is 2. The number of hydrogen-bond acceptors (Lipinski definition) is 5. The summed E-state index contributed by atoms with van der Waals surface area (Å²) in [4.78, 5) is 3.88. The van der Waals surface area contributed by atoms with Crippen LogP contribution in [0, 0.1) is 0 Å². The molecule has 2 N–H and O–H groups in total. The molecule has 1 aromatic rings. The van der Waals surface area contributed by atoms with E-state index in [-0.39, 0.29) is 6.29 Å². The maximum atomic E-state index is 5.84. The van der Waals surface area contributed by atoms with Gasteiger partial charge in [-0.15, -0.1) is 0 Å².